The lowest BCUT2D eigenvalue weighted by atomic mass is 9.87. The van der Waals surface area contributed by atoms with Crippen LogP contribution in [-0.2, 0) is 6.42 Å². The summed E-state index contributed by atoms with van der Waals surface area (Å²) in [4.78, 5) is 0. The molecule has 1 aliphatic carbocycles. The molecule has 1 nitrogen and oxygen atoms in total. The van der Waals surface area contributed by atoms with Crippen molar-refractivity contribution in [2.24, 2.45) is 5.92 Å². The molecule has 1 N–H and O–H groups in total. The quantitative estimate of drug-likeness (QED) is 0.801. The summed E-state index contributed by atoms with van der Waals surface area (Å²) in [7, 11) is 2.05. The van der Waals surface area contributed by atoms with Crippen LogP contribution < -0.4 is 5.32 Å². The monoisotopic (exact) mass is 263 g/mol. The molecule has 19 heavy (non-hydrogen) atoms. The van der Waals surface area contributed by atoms with Crippen molar-refractivity contribution < 1.29 is 4.39 Å². The zero-order valence-corrected chi connectivity index (χ0v) is 12.2. The molecule has 1 aromatic carbocycles. The molecule has 106 valence electrons. The van der Waals surface area contributed by atoms with Gasteiger partial charge in [0.2, 0.25) is 0 Å². The Labute approximate surface area is 116 Å². The molecule has 0 spiro atoms. The Hall–Kier alpha value is -0.890. The molecule has 0 aromatic heterocycles. The molecule has 2 heteroatoms. The number of nitrogens with one attached hydrogen (secondary N) is 1. The summed E-state index contributed by atoms with van der Waals surface area (Å²) < 4.78 is 13.4. The van der Waals surface area contributed by atoms with Gasteiger partial charge in [-0.05, 0) is 62.4 Å². The summed E-state index contributed by atoms with van der Waals surface area (Å²) >= 11 is 0. The molecule has 1 aromatic rings. The highest BCUT2D eigenvalue weighted by Gasteiger charge is 2.22. The highest BCUT2D eigenvalue weighted by Crippen LogP contribution is 2.27. The van der Waals surface area contributed by atoms with Crippen LogP contribution in [-0.4, -0.2) is 13.1 Å². The SMILES string of the molecule is CNC(Cc1cc(F)ccc1C)C1CCCCCC1. The molecule has 0 saturated heterocycles. The van der Waals surface area contributed by atoms with Crippen LogP contribution in [0.1, 0.15) is 49.7 Å². The fourth-order valence-corrected chi connectivity index (χ4v) is 3.31. The van der Waals surface area contributed by atoms with Crippen molar-refractivity contribution in [1.82, 2.24) is 5.32 Å². The Morgan fingerprint density at radius 1 is 1.21 bits per heavy atom. The zero-order valence-electron chi connectivity index (χ0n) is 12.2. The fraction of sp³-hybridized carbons (Fsp3) is 0.647. The molecule has 0 aliphatic heterocycles. The predicted molar refractivity (Wildman–Crippen MR) is 78.9 cm³/mol. The van der Waals surface area contributed by atoms with Gasteiger partial charge in [0.1, 0.15) is 5.82 Å². The van der Waals surface area contributed by atoms with Crippen LogP contribution in [0, 0.1) is 18.7 Å². The first-order valence-corrected chi connectivity index (χ1v) is 7.63. The van der Waals surface area contributed by atoms with Crippen LogP contribution in [0.25, 0.3) is 0 Å². The van der Waals surface area contributed by atoms with Crippen LogP contribution >= 0.6 is 0 Å². The Morgan fingerprint density at radius 3 is 2.53 bits per heavy atom. The van der Waals surface area contributed by atoms with Crippen LogP contribution in [0.5, 0.6) is 0 Å². The van der Waals surface area contributed by atoms with E-state index in [1.165, 1.54) is 44.1 Å². The van der Waals surface area contributed by atoms with Gasteiger partial charge in [-0.25, -0.2) is 4.39 Å². The third-order valence-corrected chi connectivity index (χ3v) is 4.59. The molecule has 1 atom stereocenters. The third-order valence-electron chi connectivity index (χ3n) is 4.59. The molecule has 1 saturated carbocycles. The van der Waals surface area contributed by atoms with Crippen LogP contribution in [0.2, 0.25) is 0 Å². The molecule has 1 unspecified atom stereocenters. The zero-order chi connectivity index (χ0) is 13.7. The van der Waals surface area contributed by atoms with Gasteiger partial charge < -0.3 is 5.32 Å². The van der Waals surface area contributed by atoms with Crippen molar-refractivity contribution in [2.45, 2.75) is 57.9 Å². The Kier molecular flexibility index (Phi) is 5.38. The van der Waals surface area contributed by atoms with Crippen LogP contribution in [0.4, 0.5) is 4.39 Å². The Bertz CT molecular complexity index is 394. The predicted octanol–water partition coefficient (Wildman–Crippen LogP) is 4.24. The summed E-state index contributed by atoms with van der Waals surface area (Å²) in [5.74, 6) is 0.631. The normalized spacial score (nSPS) is 19.1. The maximum Gasteiger partial charge on any atom is 0.123 e. The van der Waals surface area contributed by atoms with Gasteiger partial charge in [0.05, 0.1) is 0 Å². The number of hydrogen-bond donors (Lipinski definition) is 1. The van der Waals surface area contributed by atoms with Gasteiger partial charge in [-0.2, -0.15) is 0 Å². The smallest absolute Gasteiger partial charge is 0.123 e. The molecule has 0 radical (unpaired) electrons. The highest BCUT2D eigenvalue weighted by atomic mass is 19.1. The second-order valence-corrected chi connectivity index (χ2v) is 5.92. The third kappa shape index (κ3) is 4.04. The lowest BCUT2D eigenvalue weighted by molar-refractivity contribution is 0.332. The first-order valence-electron chi connectivity index (χ1n) is 7.63. The number of benzene rings is 1. The molecule has 0 heterocycles. The van der Waals surface area contributed by atoms with E-state index in [-0.39, 0.29) is 5.82 Å². The Balaban J connectivity index is 2.07. The van der Waals surface area contributed by atoms with Crippen LogP contribution in [0.15, 0.2) is 18.2 Å². The summed E-state index contributed by atoms with van der Waals surface area (Å²) in [5, 5.41) is 3.47. The van der Waals surface area contributed by atoms with Gasteiger partial charge in [0, 0.05) is 6.04 Å². The van der Waals surface area contributed by atoms with E-state index in [2.05, 4.69) is 12.2 Å². The molecular formula is C17H26FN. The van der Waals surface area contributed by atoms with Crippen LogP contribution in [0.3, 0.4) is 0 Å². The van der Waals surface area contributed by atoms with E-state index in [0.717, 1.165) is 17.9 Å². The topological polar surface area (TPSA) is 12.0 Å². The van der Waals surface area contributed by atoms with Crippen molar-refractivity contribution in [3.8, 4) is 0 Å². The first-order chi connectivity index (χ1) is 9.20. The maximum atomic E-state index is 13.4. The lowest BCUT2D eigenvalue weighted by Crippen LogP contribution is -2.35. The Morgan fingerprint density at radius 2 is 1.89 bits per heavy atom. The number of halogens is 1. The maximum absolute atomic E-state index is 13.4. The van der Waals surface area contributed by atoms with E-state index >= 15 is 0 Å². The van der Waals surface area contributed by atoms with E-state index < -0.39 is 0 Å². The molecule has 0 bridgehead atoms. The molecule has 1 aliphatic rings. The fourth-order valence-electron chi connectivity index (χ4n) is 3.31. The number of hydrogen-bond acceptors (Lipinski definition) is 1. The van der Waals surface area contributed by atoms with Gasteiger partial charge in [-0.1, -0.05) is 31.7 Å². The van der Waals surface area contributed by atoms with Crippen molar-refractivity contribution in [1.29, 1.82) is 0 Å². The van der Waals surface area contributed by atoms with Crippen molar-refractivity contribution in [3.63, 3.8) is 0 Å². The summed E-state index contributed by atoms with van der Waals surface area (Å²) in [6, 6.07) is 5.64. The van der Waals surface area contributed by atoms with E-state index in [0.29, 0.717) is 6.04 Å². The summed E-state index contributed by atoms with van der Waals surface area (Å²) in [6.45, 7) is 2.08. The number of rotatable bonds is 4. The summed E-state index contributed by atoms with van der Waals surface area (Å²) in [5.41, 5.74) is 2.36. The average Bonchev–Trinajstić information content (AvgIpc) is 2.68. The minimum Gasteiger partial charge on any atom is -0.316 e. The molecule has 2 rings (SSSR count). The summed E-state index contributed by atoms with van der Waals surface area (Å²) in [6.07, 6.45) is 9.05. The minimum atomic E-state index is -0.115. The van der Waals surface area contributed by atoms with Gasteiger partial charge in [0.25, 0.3) is 0 Å². The van der Waals surface area contributed by atoms with Crippen molar-refractivity contribution in [3.05, 3.63) is 35.1 Å². The minimum absolute atomic E-state index is 0.115. The number of likely N-dealkylation sites (N-methyl/N-ethyl adjacent to an activating group) is 1. The first kappa shape index (κ1) is 14.5. The lowest BCUT2D eigenvalue weighted by Gasteiger charge is -2.26. The largest absolute Gasteiger partial charge is 0.316 e. The molecule has 1 fully saturated rings. The van der Waals surface area contributed by atoms with E-state index in [1.807, 2.05) is 13.1 Å². The van der Waals surface area contributed by atoms with Crippen molar-refractivity contribution in [2.75, 3.05) is 7.05 Å². The average molecular weight is 263 g/mol. The second-order valence-electron chi connectivity index (χ2n) is 5.92. The van der Waals surface area contributed by atoms with Crippen molar-refractivity contribution >= 4 is 0 Å². The second kappa shape index (κ2) is 7.04. The van der Waals surface area contributed by atoms with E-state index in [9.17, 15) is 4.39 Å². The van der Waals surface area contributed by atoms with E-state index in [4.69, 9.17) is 0 Å². The van der Waals surface area contributed by atoms with E-state index in [1.54, 1.807) is 12.1 Å². The van der Waals surface area contributed by atoms with Gasteiger partial charge in [-0.3, -0.25) is 0 Å². The van der Waals surface area contributed by atoms with Gasteiger partial charge in [-0.15, -0.1) is 0 Å². The van der Waals surface area contributed by atoms with Gasteiger partial charge >= 0.3 is 0 Å². The highest BCUT2D eigenvalue weighted by molar-refractivity contribution is 5.27. The van der Waals surface area contributed by atoms with Gasteiger partial charge in [0.15, 0.2) is 0 Å². The molecular weight excluding hydrogens is 237 g/mol. The number of aryl methyl sites for hydroxylation is 1. The standard InChI is InChI=1S/C17H26FN/c1-13-9-10-16(18)11-15(13)12-17(19-2)14-7-5-3-4-6-8-14/h9-11,14,17,19H,3-8,12H2,1-2H3. The molecule has 0 amide bonds.